The molecule has 0 amide bonds. The predicted molar refractivity (Wildman–Crippen MR) is 31.0 cm³/mol. The summed E-state index contributed by atoms with van der Waals surface area (Å²) in [4.78, 5) is 0. The molecule has 0 aromatic rings. The normalized spacial score (nSPS) is 26.0. The lowest BCUT2D eigenvalue weighted by Crippen LogP contribution is -2.17. The van der Waals surface area contributed by atoms with Crippen LogP contribution in [-0.4, -0.2) is 5.54 Å². The van der Waals surface area contributed by atoms with E-state index < -0.39 is 0 Å². The van der Waals surface area contributed by atoms with Gasteiger partial charge in [-0.2, -0.15) is 0 Å². The molecule has 1 rings (SSSR count). The molecule has 0 spiro atoms. The van der Waals surface area contributed by atoms with Gasteiger partial charge in [-0.05, 0) is 19.8 Å². The van der Waals surface area contributed by atoms with Crippen molar-refractivity contribution >= 4 is 0 Å². The van der Waals surface area contributed by atoms with Gasteiger partial charge in [0.25, 0.3) is 0 Å². The van der Waals surface area contributed by atoms with Gasteiger partial charge in [0.2, 0.25) is 0 Å². The van der Waals surface area contributed by atoms with Crippen LogP contribution in [0.25, 0.3) is 0 Å². The monoisotopic (exact) mass is 97.1 g/mol. The highest BCUT2D eigenvalue weighted by Crippen LogP contribution is 2.33. The van der Waals surface area contributed by atoms with Gasteiger partial charge in [-0.15, -0.1) is 0 Å². The maximum absolute atomic E-state index is 5.67. The fourth-order valence-corrected chi connectivity index (χ4v) is 0.643. The molecule has 0 aromatic carbocycles. The summed E-state index contributed by atoms with van der Waals surface area (Å²) in [5, 5.41) is 0. The van der Waals surface area contributed by atoms with Crippen molar-refractivity contribution in [3.8, 4) is 0 Å². The third-order valence-electron chi connectivity index (χ3n) is 1.33. The summed E-state index contributed by atoms with van der Waals surface area (Å²) in [7, 11) is 0. The highest BCUT2D eigenvalue weighted by molar-refractivity contribution is 5.13. The molecule has 0 saturated heterocycles. The van der Waals surface area contributed by atoms with Crippen LogP contribution in [0.3, 0.4) is 0 Å². The molecule has 0 unspecified atom stereocenters. The molecule has 0 radical (unpaired) electrons. The Balaban J connectivity index is 2.40. The Bertz CT molecular complexity index is 90.4. The van der Waals surface area contributed by atoms with E-state index in [1.807, 2.05) is 13.0 Å². The Hall–Kier alpha value is -0.300. The maximum atomic E-state index is 5.67. The summed E-state index contributed by atoms with van der Waals surface area (Å²) in [5.41, 5.74) is 5.79. The maximum Gasteiger partial charge on any atom is 0.0340 e. The van der Waals surface area contributed by atoms with Crippen LogP contribution in [0, 0.1) is 0 Å². The third-order valence-corrected chi connectivity index (χ3v) is 1.33. The summed E-state index contributed by atoms with van der Waals surface area (Å²) in [6, 6.07) is 0. The highest BCUT2D eigenvalue weighted by atomic mass is 14.8. The van der Waals surface area contributed by atoms with Crippen molar-refractivity contribution in [1.82, 2.24) is 0 Å². The van der Waals surface area contributed by atoms with Gasteiger partial charge in [-0.1, -0.05) is 12.2 Å². The first-order chi connectivity index (χ1) is 3.27. The Morgan fingerprint density at radius 2 is 2.14 bits per heavy atom. The van der Waals surface area contributed by atoms with Gasteiger partial charge in [0.05, 0.1) is 0 Å². The molecule has 40 valence electrons. The summed E-state index contributed by atoms with van der Waals surface area (Å²) in [5.74, 6) is 0. The van der Waals surface area contributed by atoms with Crippen LogP contribution in [0.4, 0.5) is 0 Å². The van der Waals surface area contributed by atoms with Crippen molar-refractivity contribution in [2.24, 2.45) is 5.73 Å². The third kappa shape index (κ3) is 1.03. The summed E-state index contributed by atoms with van der Waals surface area (Å²) >= 11 is 0. The van der Waals surface area contributed by atoms with E-state index in [0.29, 0.717) is 0 Å². The molecule has 0 atom stereocenters. The minimum atomic E-state index is 0.120. The van der Waals surface area contributed by atoms with Gasteiger partial charge in [0.1, 0.15) is 0 Å². The number of allylic oxidation sites excluding steroid dienone is 1. The Kier molecular flexibility index (Phi) is 0.927. The second kappa shape index (κ2) is 1.34. The van der Waals surface area contributed by atoms with E-state index in [2.05, 4.69) is 6.08 Å². The van der Waals surface area contributed by atoms with E-state index in [1.54, 1.807) is 0 Å². The zero-order valence-corrected chi connectivity index (χ0v) is 4.65. The molecular weight excluding hydrogens is 86.1 g/mol. The van der Waals surface area contributed by atoms with E-state index in [1.165, 1.54) is 12.8 Å². The second-order valence-electron chi connectivity index (χ2n) is 2.23. The Morgan fingerprint density at radius 1 is 1.57 bits per heavy atom. The topological polar surface area (TPSA) is 26.0 Å². The zero-order valence-electron chi connectivity index (χ0n) is 4.65. The lowest BCUT2D eigenvalue weighted by Gasteiger charge is -1.94. The molecule has 2 N–H and O–H groups in total. The molecule has 0 heterocycles. The lowest BCUT2D eigenvalue weighted by atomic mass is 10.3. The molecule has 1 nitrogen and oxygen atoms in total. The van der Waals surface area contributed by atoms with Crippen LogP contribution in [0.1, 0.15) is 19.8 Å². The zero-order chi connectivity index (χ0) is 5.33. The first-order valence-corrected chi connectivity index (χ1v) is 2.70. The van der Waals surface area contributed by atoms with E-state index in [0.717, 1.165) is 0 Å². The van der Waals surface area contributed by atoms with Gasteiger partial charge < -0.3 is 5.73 Å². The number of hydrogen-bond donors (Lipinski definition) is 1. The SMILES string of the molecule is C/C=C/C1(N)CC1. The second-order valence-corrected chi connectivity index (χ2v) is 2.23. The molecule has 7 heavy (non-hydrogen) atoms. The average molecular weight is 97.2 g/mol. The molecule has 1 heteroatoms. The first kappa shape index (κ1) is 4.85. The number of hydrogen-bond acceptors (Lipinski definition) is 1. The molecule has 1 saturated carbocycles. The van der Waals surface area contributed by atoms with E-state index >= 15 is 0 Å². The van der Waals surface area contributed by atoms with Crippen LogP contribution >= 0.6 is 0 Å². The highest BCUT2D eigenvalue weighted by Gasteiger charge is 2.34. The van der Waals surface area contributed by atoms with Crippen molar-refractivity contribution in [3.05, 3.63) is 12.2 Å². The average Bonchev–Trinajstić information content (AvgIpc) is 2.22. The molecule has 0 bridgehead atoms. The smallest absolute Gasteiger partial charge is 0.0340 e. The quantitative estimate of drug-likeness (QED) is 0.486. The number of nitrogens with two attached hydrogens (primary N) is 1. The molecule has 0 aliphatic heterocycles. The van der Waals surface area contributed by atoms with Crippen LogP contribution < -0.4 is 5.73 Å². The molecule has 0 aromatic heterocycles. The number of rotatable bonds is 1. The molecular formula is C6H11N. The van der Waals surface area contributed by atoms with Crippen LogP contribution in [0.15, 0.2) is 12.2 Å². The minimum Gasteiger partial charge on any atom is -0.322 e. The molecule has 1 aliphatic carbocycles. The lowest BCUT2D eigenvalue weighted by molar-refractivity contribution is 0.854. The van der Waals surface area contributed by atoms with Crippen LogP contribution in [0.5, 0.6) is 0 Å². The van der Waals surface area contributed by atoms with Crippen molar-refractivity contribution in [2.75, 3.05) is 0 Å². The summed E-state index contributed by atoms with van der Waals surface area (Å²) < 4.78 is 0. The van der Waals surface area contributed by atoms with Crippen molar-refractivity contribution in [3.63, 3.8) is 0 Å². The molecule has 1 fully saturated rings. The Labute approximate surface area is 44.2 Å². The van der Waals surface area contributed by atoms with Gasteiger partial charge >= 0.3 is 0 Å². The summed E-state index contributed by atoms with van der Waals surface area (Å²) in [6.07, 6.45) is 6.45. The van der Waals surface area contributed by atoms with E-state index in [4.69, 9.17) is 5.73 Å². The Morgan fingerprint density at radius 3 is 2.29 bits per heavy atom. The van der Waals surface area contributed by atoms with Gasteiger partial charge in [0.15, 0.2) is 0 Å². The van der Waals surface area contributed by atoms with Crippen molar-refractivity contribution in [1.29, 1.82) is 0 Å². The standard InChI is InChI=1S/C6H11N/c1-2-3-6(7)4-5-6/h2-3H,4-5,7H2,1H3/b3-2+. The van der Waals surface area contributed by atoms with Crippen LogP contribution in [-0.2, 0) is 0 Å². The largest absolute Gasteiger partial charge is 0.322 e. The minimum absolute atomic E-state index is 0.120. The van der Waals surface area contributed by atoms with E-state index in [-0.39, 0.29) is 5.54 Å². The van der Waals surface area contributed by atoms with E-state index in [9.17, 15) is 0 Å². The van der Waals surface area contributed by atoms with Crippen molar-refractivity contribution in [2.45, 2.75) is 25.3 Å². The molecule has 1 aliphatic rings. The van der Waals surface area contributed by atoms with Crippen molar-refractivity contribution < 1.29 is 0 Å². The van der Waals surface area contributed by atoms with Gasteiger partial charge in [0, 0.05) is 5.54 Å². The fourth-order valence-electron chi connectivity index (χ4n) is 0.643. The first-order valence-electron chi connectivity index (χ1n) is 2.70. The van der Waals surface area contributed by atoms with Crippen LogP contribution in [0.2, 0.25) is 0 Å². The fraction of sp³-hybridized carbons (Fsp3) is 0.667. The predicted octanol–water partition coefficient (Wildman–Crippen LogP) is 1.05. The summed E-state index contributed by atoms with van der Waals surface area (Å²) in [6.45, 7) is 2.01. The van der Waals surface area contributed by atoms with Gasteiger partial charge in [-0.25, -0.2) is 0 Å². The van der Waals surface area contributed by atoms with Gasteiger partial charge in [-0.3, -0.25) is 0 Å².